The first kappa shape index (κ1) is 18.4. The molecule has 152 valence electrons. The molecule has 2 aromatic heterocycles. The van der Waals surface area contributed by atoms with Gasteiger partial charge < -0.3 is 5.32 Å². The summed E-state index contributed by atoms with van der Waals surface area (Å²) in [5.74, 6) is 0.480. The summed E-state index contributed by atoms with van der Waals surface area (Å²) < 4.78 is 5.03. The molecule has 4 aromatic rings. The number of carbonyl (C=O) groups excluding carboxylic acids is 1. The summed E-state index contributed by atoms with van der Waals surface area (Å²) in [4.78, 5) is 25.9. The summed E-state index contributed by atoms with van der Waals surface area (Å²) in [7, 11) is 0. The number of aromatic nitrogens is 4. The van der Waals surface area contributed by atoms with E-state index in [9.17, 15) is 9.59 Å². The average Bonchev–Trinajstić information content (AvgIpc) is 3.43. The fraction of sp³-hybridized carbons (Fsp3) is 0.261. The highest BCUT2D eigenvalue weighted by molar-refractivity contribution is 5.92. The van der Waals surface area contributed by atoms with E-state index in [1.807, 2.05) is 61.5 Å². The van der Waals surface area contributed by atoms with Crippen molar-refractivity contribution < 1.29 is 4.79 Å². The van der Waals surface area contributed by atoms with Crippen LogP contribution in [-0.2, 0) is 30.7 Å². The van der Waals surface area contributed by atoms with Crippen molar-refractivity contribution in [2.75, 3.05) is 5.32 Å². The third kappa shape index (κ3) is 2.94. The van der Waals surface area contributed by atoms with Crippen molar-refractivity contribution in [3.05, 3.63) is 76.3 Å². The third-order valence-corrected chi connectivity index (χ3v) is 5.71. The molecule has 7 heteroatoms. The van der Waals surface area contributed by atoms with E-state index in [4.69, 9.17) is 5.10 Å². The summed E-state index contributed by atoms with van der Waals surface area (Å²) in [6.07, 6.45) is 2.86. The number of nitrogens with one attached hydrogen (secondary N) is 1. The van der Waals surface area contributed by atoms with Crippen LogP contribution in [0.4, 0.5) is 5.82 Å². The van der Waals surface area contributed by atoms with Crippen LogP contribution in [0.5, 0.6) is 0 Å². The number of carbonyl (C=O) groups is 1. The molecule has 0 saturated carbocycles. The number of amides is 1. The van der Waals surface area contributed by atoms with E-state index in [1.165, 1.54) is 4.57 Å². The lowest BCUT2D eigenvalue weighted by atomic mass is 10.2. The molecule has 0 spiro atoms. The number of hydrogen-bond acceptors (Lipinski definition) is 3. The Balaban J connectivity index is 1.50. The van der Waals surface area contributed by atoms with Gasteiger partial charge in [-0.2, -0.15) is 5.10 Å². The molecule has 0 fully saturated rings. The van der Waals surface area contributed by atoms with Crippen LogP contribution in [0.25, 0.3) is 16.7 Å². The van der Waals surface area contributed by atoms with E-state index >= 15 is 0 Å². The zero-order valence-corrected chi connectivity index (χ0v) is 16.8. The summed E-state index contributed by atoms with van der Waals surface area (Å²) in [6.45, 7) is 2.45. The van der Waals surface area contributed by atoms with E-state index in [-0.39, 0.29) is 18.1 Å². The molecule has 2 aromatic carbocycles. The van der Waals surface area contributed by atoms with Crippen LogP contribution in [0.1, 0.15) is 24.6 Å². The van der Waals surface area contributed by atoms with Gasteiger partial charge in [0, 0.05) is 12.1 Å². The van der Waals surface area contributed by atoms with Gasteiger partial charge in [-0.3, -0.25) is 13.9 Å². The van der Waals surface area contributed by atoms with Gasteiger partial charge >= 0.3 is 5.69 Å². The first-order valence-electron chi connectivity index (χ1n) is 10.3. The highest BCUT2D eigenvalue weighted by Gasteiger charge is 2.25. The topological polar surface area (TPSA) is 73.8 Å². The Kier molecular flexibility index (Phi) is 4.50. The molecular formula is C23H23N5O2. The van der Waals surface area contributed by atoms with Gasteiger partial charge in [-0.15, -0.1) is 0 Å². The van der Waals surface area contributed by atoms with Crippen molar-refractivity contribution in [3.8, 4) is 5.69 Å². The minimum atomic E-state index is -0.233. The number of benzene rings is 2. The second-order valence-corrected chi connectivity index (χ2v) is 7.52. The highest BCUT2D eigenvalue weighted by Crippen LogP contribution is 2.31. The van der Waals surface area contributed by atoms with Crippen molar-refractivity contribution in [1.29, 1.82) is 0 Å². The van der Waals surface area contributed by atoms with E-state index < -0.39 is 0 Å². The normalized spacial score (nSPS) is 13.0. The minimum Gasteiger partial charge on any atom is -0.309 e. The molecule has 0 atom stereocenters. The molecular weight excluding hydrogens is 378 g/mol. The van der Waals surface area contributed by atoms with E-state index in [0.717, 1.165) is 47.2 Å². The second-order valence-electron chi connectivity index (χ2n) is 7.52. The Morgan fingerprint density at radius 2 is 1.70 bits per heavy atom. The number of para-hydroxylation sites is 3. The molecule has 2 heterocycles. The molecule has 1 aliphatic rings. The molecule has 1 aliphatic carbocycles. The van der Waals surface area contributed by atoms with Gasteiger partial charge in [0.15, 0.2) is 0 Å². The van der Waals surface area contributed by atoms with E-state index in [0.29, 0.717) is 12.4 Å². The minimum absolute atomic E-state index is 0.0406. The first-order valence-corrected chi connectivity index (χ1v) is 10.3. The van der Waals surface area contributed by atoms with Gasteiger partial charge in [0.25, 0.3) is 0 Å². The lowest BCUT2D eigenvalue weighted by molar-refractivity contribution is -0.116. The fourth-order valence-corrected chi connectivity index (χ4v) is 4.32. The zero-order valence-electron chi connectivity index (χ0n) is 16.8. The van der Waals surface area contributed by atoms with Crippen LogP contribution in [0.15, 0.2) is 59.4 Å². The number of imidazole rings is 1. The van der Waals surface area contributed by atoms with Crippen molar-refractivity contribution in [3.63, 3.8) is 0 Å². The smallest absolute Gasteiger partial charge is 0.309 e. The van der Waals surface area contributed by atoms with Crippen LogP contribution >= 0.6 is 0 Å². The van der Waals surface area contributed by atoms with Crippen LogP contribution in [0.2, 0.25) is 0 Å². The molecule has 1 N–H and O–H groups in total. The first-order chi connectivity index (χ1) is 14.7. The standard InChI is InChI=1S/C23H23N5O2/c1-2-26-19-13-6-7-14-20(19)27(23(26)30)15-21(29)24-22-17-11-8-12-18(17)25-28(22)16-9-4-3-5-10-16/h3-7,9-10,13-14H,2,8,11-12,15H2,1H3,(H,24,29). The average molecular weight is 401 g/mol. The molecule has 0 saturated heterocycles. The van der Waals surface area contributed by atoms with E-state index in [1.54, 1.807) is 9.25 Å². The number of anilines is 1. The van der Waals surface area contributed by atoms with Crippen LogP contribution in [0, 0.1) is 0 Å². The maximum Gasteiger partial charge on any atom is 0.329 e. The van der Waals surface area contributed by atoms with Gasteiger partial charge in [-0.25, -0.2) is 9.48 Å². The molecule has 5 rings (SSSR count). The van der Waals surface area contributed by atoms with Gasteiger partial charge in [-0.05, 0) is 50.5 Å². The third-order valence-electron chi connectivity index (χ3n) is 5.71. The van der Waals surface area contributed by atoms with Gasteiger partial charge in [0.2, 0.25) is 5.91 Å². The van der Waals surface area contributed by atoms with Crippen molar-refractivity contribution in [2.45, 2.75) is 39.3 Å². The zero-order chi connectivity index (χ0) is 20.7. The van der Waals surface area contributed by atoms with Crippen LogP contribution in [0.3, 0.4) is 0 Å². The summed E-state index contributed by atoms with van der Waals surface area (Å²) >= 11 is 0. The van der Waals surface area contributed by atoms with E-state index in [2.05, 4.69) is 5.32 Å². The number of hydrogen-bond donors (Lipinski definition) is 1. The quantitative estimate of drug-likeness (QED) is 0.558. The number of aryl methyl sites for hydroxylation is 2. The van der Waals surface area contributed by atoms with Gasteiger partial charge in [0.1, 0.15) is 12.4 Å². The molecule has 0 unspecified atom stereocenters. The van der Waals surface area contributed by atoms with Crippen molar-refractivity contribution in [2.24, 2.45) is 0 Å². The predicted octanol–water partition coefficient (Wildman–Crippen LogP) is 3.14. The predicted molar refractivity (Wildman–Crippen MR) is 116 cm³/mol. The Morgan fingerprint density at radius 1 is 1.00 bits per heavy atom. The monoisotopic (exact) mass is 401 g/mol. The van der Waals surface area contributed by atoms with Gasteiger partial charge in [0.05, 0.1) is 22.4 Å². The Hall–Kier alpha value is -3.61. The number of fused-ring (bicyclic) bond motifs is 2. The summed E-state index contributed by atoms with van der Waals surface area (Å²) in [5, 5.41) is 7.78. The van der Waals surface area contributed by atoms with Crippen molar-refractivity contribution >= 4 is 22.8 Å². The lowest BCUT2D eigenvalue weighted by Crippen LogP contribution is -2.29. The summed E-state index contributed by atoms with van der Waals surface area (Å²) in [5.41, 5.74) is 4.47. The fourth-order valence-electron chi connectivity index (χ4n) is 4.32. The number of rotatable bonds is 5. The Morgan fingerprint density at radius 3 is 2.43 bits per heavy atom. The van der Waals surface area contributed by atoms with Crippen LogP contribution in [-0.4, -0.2) is 24.8 Å². The van der Waals surface area contributed by atoms with Crippen molar-refractivity contribution in [1.82, 2.24) is 18.9 Å². The molecule has 0 bridgehead atoms. The second kappa shape index (κ2) is 7.33. The Bertz CT molecular complexity index is 1300. The molecule has 7 nitrogen and oxygen atoms in total. The molecule has 30 heavy (non-hydrogen) atoms. The van der Waals surface area contributed by atoms with Crippen LogP contribution < -0.4 is 11.0 Å². The largest absolute Gasteiger partial charge is 0.329 e. The summed E-state index contributed by atoms with van der Waals surface area (Å²) in [6, 6.07) is 17.4. The number of nitrogens with zero attached hydrogens (tertiary/aromatic N) is 4. The molecule has 0 radical (unpaired) electrons. The SMILES string of the molecule is CCn1c(=O)n(CC(=O)Nc2c3c(nn2-c2ccccc2)CCC3)c2ccccc21. The lowest BCUT2D eigenvalue weighted by Gasteiger charge is -2.11. The maximum absolute atomic E-state index is 13.0. The Labute approximate surface area is 173 Å². The maximum atomic E-state index is 13.0. The van der Waals surface area contributed by atoms with Gasteiger partial charge in [-0.1, -0.05) is 30.3 Å². The molecule has 1 amide bonds. The highest BCUT2D eigenvalue weighted by atomic mass is 16.2. The molecule has 0 aliphatic heterocycles.